The number of carbonyl (C=O) groups excluding carboxylic acids is 1. The van der Waals surface area contributed by atoms with Crippen LogP contribution in [0.15, 0.2) is 30.3 Å². The summed E-state index contributed by atoms with van der Waals surface area (Å²) in [5, 5.41) is 3.04. The van der Waals surface area contributed by atoms with Crippen molar-refractivity contribution in [2.45, 2.75) is 45.6 Å². The van der Waals surface area contributed by atoms with Crippen molar-refractivity contribution in [1.82, 2.24) is 5.32 Å². The Morgan fingerprint density at radius 3 is 2.25 bits per heavy atom. The first-order valence-electron chi connectivity index (χ1n) is 6.03. The van der Waals surface area contributed by atoms with Gasteiger partial charge in [0.05, 0.1) is 0 Å². The molecule has 0 spiro atoms. The third kappa shape index (κ3) is 3.69. The Kier molecular flexibility index (Phi) is 4.53. The van der Waals surface area contributed by atoms with Crippen LogP contribution in [-0.4, -0.2) is 11.4 Å². The van der Waals surface area contributed by atoms with Crippen LogP contribution in [0, 0.1) is 0 Å². The maximum atomic E-state index is 11.0. The highest BCUT2D eigenvalue weighted by Crippen LogP contribution is 2.38. The Morgan fingerprint density at radius 1 is 1.25 bits per heavy atom. The van der Waals surface area contributed by atoms with Gasteiger partial charge in [-0.15, -0.1) is 0 Å². The fourth-order valence-corrected chi connectivity index (χ4v) is 1.86. The molecule has 1 aliphatic carbocycles. The molecule has 1 aromatic carbocycles. The van der Waals surface area contributed by atoms with Crippen LogP contribution in [0.3, 0.4) is 0 Å². The second-order valence-electron chi connectivity index (χ2n) is 4.12. The Labute approximate surface area is 98.1 Å². The van der Waals surface area contributed by atoms with Crippen LogP contribution in [0.4, 0.5) is 0 Å². The summed E-state index contributed by atoms with van der Waals surface area (Å²) in [7, 11) is 0. The monoisotopic (exact) mass is 219 g/mol. The Bertz CT molecular complexity index is 328. The molecule has 2 nitrogen and oxygen atoms in total. The number of hydrogen-bond donors (Lipinski definition) is 1. The van der Waals surface area contributed by atoms with Gasteiger partial charge in [-0.25, -0.2) is 0 Å². The summed E-state index contributed by atoms with van der Waals surface area (Å²) < 4.78 is 0. The number of benzene rings is 1. The van der Waals surface area contributed by atoms with Gasteiger partial charge < -0.3 is 5.32 Å². The molecule has 1 N–H and O–H groups in total. The van der Waals surface area contributed by atoms with Crippen LogP contribution in [0.2, 0.25) is 0 Å². The van der Waals surface area contributed by atoms with Crippen molar-refractivity contribution in [3.8, 4) is 0 Å². The summed E-state index contributed by atoms with van der Waals surface area (Å²) in [4.78, 5) is 11.0. The van der Waals surface area contributed by atoms with E-state index in [4.69, 9.17) is 0 Å². The predicted molar refractivity (Wildman–Crippen MR) is 67.3 cm³/mol. The van der Waals surface area contributed by atoms with Gasteiger partial charge in [-0.3, -0.25) is 4.79 Å². The first kappa shape index (κ1) is 12.8. The lowest BCUT2D eigenvalue weighted by molar-refractivity contribution is -0.119. The van der Waals surface area contributed by atoms with Gasteiger partial charge in [-0.2, -0.15) is 0 Å². The van der Waals surface area contributed by atoms with Gasteiger partial charge in [-0.05, 0) is 24.8 Å². The summed E-state index contributed by atoms with van der Waals surface area (Å²) >= 11 is 0. The lowest BCUT2D eigenvalue weighted by Gasteiger charge is -2.15. The van der Waals surface area contributed by atoms with Crippen LogP contribution >= 0.6 is 0 Å². The molecule has 16 heavy (non-hydrogen) atoms. The maximum absolute atomic E-state index is 11.0. The van der Waals surface area contributed by atoms with Crippen molar-refractivity contribution in [2.24, 2.45) is 0 Å². The average Bonchev–Trinajstić information content (AvgIpc) is 3.01. The molecule has 0 heterocycles. The third-order valence-corrected chi connectivity index (χ3v) is 2.68. The van der Waals surface area contributed by atoms with Crippen LogP contribution < -0.4 is 5.32 Å². The zero-order valence-corrected chi connectivity index (χ0v) is 10.4. The zero-order valence-electron chi connectivity index (χ0n) is 10.4. The molecule has 1 aromatic rings. The van der Waals surface area contributed by atoms with Crippen molar-refractivity contribution >= 4 is 5.91 Å². The van der Waals surface area contributed by atoms with E-state index in [1.807, 2.05) is 32.0 Å². The van der Waals surface area contributed by atoms with E-state index in [-0.39, 0.29) is 11.4 Å². The van der Waals surface area contributed by atoms with E-state index >= 15 is 0 Å². The van der Waals surface area contributed by atoms with Crippen LogP contribution in [0.25, 0.3) is 0 Å². The fraction of sp³-hybridized carbons (Fsp3) is 0.500. The van der Waals surface area contributed by atoms with Gasteiger partial charge in [0, 0.05) is 12.5 Å². The Hall–Kier alpha value is -1.31. The van der Waals surface area contributed by atoms with Crippen molar-refractivity contribution in [3.05, 3.63) is 35.9 Å². The number of amides is 1. The standard InChI is InChI=1S/C12H15NO.C2H6/c1-10(14)13-12(7-8-12)9-11-5-3-2-4-6-11;1-2/h2-6H,7-9H2,1H3,(H,13,14);1-2H3. The first-order valence-corrected chi connectivity index (χ1v) is 6.03. The highest BCUT2D eigenvalue weighted by atomic mass is 16.1. The van der Waals surface area contributed by atoms with Gasteiger partial charge in [0.2, 0.25) is 5.91 Å². The topological polar surface area (TPSA) is 29.1 Å². The lowest BCUT2D eigenvalue weighted by atomic mass is 10.0. The molecule has 0 bridgehead atoms. The molecule has 1 saturated carbocycles. The minimum absolute atomic E-state index is 0.0766. The largest absolute Gasteiger partial charge is 0.351 e. The molecule has 0 atom stereocenters. The molecule has 1 fully saturated rings. The Balaban J connectivity index is 0.000000606. The van der Waals surface area contributed by atoms with E-state index in [9.17, 15) is 4.79 Å². The average molecular weight is 219 g/mol. The van der Waals surface area contributed by atoms with Crippen molar-refractivity contribution < 1.29 is 4.79 Å². The first-order chi connectivity index (χ1) is 7.70. The fourth-order valence-electron chi connectivity index (χ4n) is 1.86. The van der Waals surface area contributed by atoms with Gasteiger partial charge in [0.15, 0.2) is 0 Å². The third-order valence-electron chi connectivity index (χ3n) is 2.68. The van der Waals surface area contributed by atoms with Crippen LogP contribution in [0.1, 0.15) is 39.2 Å². The van der Waals surface area contributed by atoms with Gasteiger partial charge in [-0.1, -0.05) is 44.2 Å². The smallest absolute Gasteiger partial charge is 0.217 e. The molecule has 2 rings (SSSR count). The van der Waals surface area contributed by atoms with Gasteiger partial charge >= 0.3 is 0 Å². The van der Waals surface area contributed by atoms with E-state index in [1.165, 1.54) is 5.56 Å². The summed E-state index contributed by atoms with van der Waals surface area (Å²) in [6.45, 7) is 5.59. The molecular weight excluding hydrogens is 198 g/mol. The summed E-state index contributed by atoms with van der Waals surface area (Å²) in [5.74, 6) is 0.0819. The maximum Gasteiger partial charge on any atom is 0.217 e. The molecule has 0 radical (unpaired) electrons. The van der Waals surface area contributed by atoms with E-state index in [0.717, 1.165) is 19.3 Å². The number of nitrogens with one attached hydrogen (secondary N) is 1. The summed E-state index contributed by atoms with van der Waals surface area (Å²) in [5.41, 5.74) is 1.38. The predicted octanol–water partition coefficient (Wildman–Crippen LogP) is 2.92. The number of rotatable bonds is 3. The molecule has 1 amide bonds. The molecule has 88 valence electrons. The highest BCUT2D eigenvalue weighted by molar-refractivity contribution is 5.74. The lowest BCUT2D eigenvalue weighted by Crippen LogP contribution is -2.36. The van der Waals surface area contributed by atoms with E-state index < -0.39 is 0 Å². The Morgan fingerprint density at radius 2 is 1.81 bits per heavy atom. The van der Waals surface area contributed by atoms with E-state index in [0.29, 0.717) is 0 Å². The van der Waals surface area contributed by atoms with E-state index in [2.05, 4.69) is 17.4 Å². The zero-order chi connectivity index (χ0) is 12.0. The summed E-state index contributed by atoms with van der Waals surface area (Å²) in [6.07, 6.45) is 3.19. The summed E-state index contributed by atoms with van der Waals surface area (Å²) in [6, 6.07) is 10.3. The van der Waals surface area contributed by atoms with Crippen LogP contribution in [-0.2, 0) is 11.2 Å². The SMILES string of the molecule is CC.CC(=O)NC1(Cc2ccccc2)CC1. The van der Waals surface area contributed by atoms with Crippen molar-refractivity contribution in [3.63, 3.8) is 0 Å². The molecule has 1 aliphatic rings. The minimum Gasteiger partial charge on any atom is -0.351 e. The molecule has 2 heteroatoms. The second-order valence-corrected chi connectivity index (χ2v) is 4.12. The van der Waals surface area contributed by atoms with Crippen molar-refractivity contribution in [2.75, 3.05) is 0 Å². The molecule has 0 unspecified atom stereocenters. The van der Waals surface area contributed by atoms with Crippen LogP contribution in [0.5, 0.6) is 0 Å². The highest BCUT2D eigenvalue weighted by Gasteiger charge is 2.43. The molecule has 0 saturated heterocycles. The normalized spacial score (nSPS) is 15.7. The number of hydrogen-bond acceptors (Lipinski definition) is 1. The molecule has 0 aromatic heterocycles. The second kappa shape index (κ2) is 5.69. The van der Waals surface area contributed by atoms with Gasteiger partial charge in [0.1, 0.15) is 0 Å². The minimum atomic E-state index is 0.0766. The number of carbonyl (C=O) groups is 1. The van der Waals surface area contributed by atoms with E-state index in [1.54, 1.807) is 6.92 Å². The molecular formula is C14H21NO. The van der Waals surface area contributed by atoms with Gasteiger partial charge in [0.25, 0.3) is 0 Å². The molecule has 0 aliphatic heterocycles. The quantitative estimate of drug-likeness (QED) is 0.832. The van der Waals surface area contributed by atoms with Crippen molar-refractivity contribution in [1.29, 1.82) is 0 Å².